The van der Waals surface area contributed by atoms with Crippen molar-refractivity contribution in [3.8, 4) is 0 Å². The highest BCUT2D eigenvalue weighted by molar-refractivity contribution is 5.77. The second kappa shape index (κ2) is 5.26. The van der Waals surface area contributed by atoms with E-state index < -0.39 is 0 Å². The molecule has 0 aliphatic heterocycles. The maximum Gasteiger partial charge on any atom is 0.150 e. The van der Waals surface area contributed by atoms with Crippen molar-refractivity contribution in [1.29, 1.82) is 0 Å². The molecule has 0 saturated heterocycles. The second-order valence-electron chi connectivity index (χ2n) is 5.45. The number of nitrogens with zero attached hydrogens (tertiary/aromatic N) is 1. The highest BCUT2D eigenvalue weighted by atomic mass is 16.1. The molecule has 1 atom stereocenters. The first kappa shape index (κ1) is 12.9. The number of aldehydes is 1. The van der Waals surface area contributed by atoms with Crippen LogP contribution >= 0.6 is 0 Å². The van der Waals surface area contributed by atoms with E-state index >= 15 is 0 Å². The van der Waals surface area contributed by atoms with Gasteiger partial charge in [0, 0.05) is 12.0 Å². The van der Waals surface area contributed by atoms with Crippen LogP contribution in [0.3, 0.4) is 0 Å². The maximum atomic E-state index is 10.9. The molecule has 1 aromatic rings. The molecule has 0 spiro atoms. The lowest BCUT2D eigenvalue weighted by atomic mass is 9.93. The van der Waals surface area contributed by atoms with Gasteiger partial charge in [-0.15, -0.1) is 0 Å². The van der Waals surface area contributed by atoms with E-state index in [-0.39, 0.29) is 0 Å². The Bertz CT molecular complexity index is 352. The zero-order valence-corrected chi connectivity index (χ0v) is 10.7. The maximum absolute atomic E-state index is 10.9. The second-order valence-corrected chi connectivity index (χ2v) is 5.45. The van der Waals surface area contributed by atoms with Gasteiger partial charge < -0.3 is 4.48 Å². The van der Waals surface area contributed by atoms with Crippen LogP contribution in [0.4, 0.5) is 0 Å². The third-order valence-corrected chi connectivity index (χ3v) is 2.89. The van der Waals surface area contributed by atoms with Gasteiger partial charge in [0.05, 0.1) is 27.7 Å². The number of hydrogen-bond acceptors (Lipinski definition) is 1. The zero-order chi connectivity index (χ0) is 12.2. The molecule has 0 amide bonds. The molecule has 1 unspecified atom stereocenters. The van der Waals surface area contributed by atoms with Gasteiger partial charge in [-0.05, 0) is 11.5 Å². The third-order valence-electron chi connectivity index (χ3n) is 2.89. The van der Waals surface area contributed by atoms with Gasteiger partial charge in [-0.25, -0.2) is 0 Å². The van der Waals surface area contributed by atoms with Gasteiger partial charge >= 0.3 is 0 Å². The van der Waals surface area contributed by atoms with Crippen LogP contribution in [-0.2, 0) is 0 Å². The lowest BCUT2D eigenvalue weighted by Crippen LogP contribution is -2.35. The van der Waals surface area contributed by atoms with E-state index in [0.29, 0.717) is 5.92 Å². The average Bonchev–Trinajstić information content (AvgIpc) is 2.25. The lowest BCUT2D eigenvalue weighted by Gasteiger charge is -2.26. The van der Waals surface area contributed by atoms with Gasteiger partial charge in [0.1, 0.15) is 6.29 Å². The summed E-state index contributed by atoms with van der Waals surface area (Å²) in [6.45, 7) is 3.31. The molecule has 0 N–H and O–H groups in total. The van der Waals surface area contributed by atoms with Crippen LogP contribution in [0.5, 0.6) is 0 Å². The molecular weight excluding hydrogens is 198 g/mol. The fourth-order valence-electron chi connectivity index (χ4n) is 1.80. The summed E-state index contributed by atoms with van der Waals surface area (Å²) in [4.78, 5) is 10.9. The number of rotatable bonds is 5. The molecule has 2 heteroatoms. The lowest BCUT2D eigenvalue weighted by molar-refractivity contribution is -0.870. The molecule has 0 aliphatic carbocycles. The van der Waals surface area contributed by atoms with E-state index in [2.05, 4.69) is 34.1 Å². The van der Waals surface area contributed by atoms with Crippen molar-refractivity contribution in [2.45, 2.75) is 19.3 Å². The first-order valence-electron chi connectivity index (χ1n) is 5.78. The summed E-state index contributed by atoms with van der Waals surface area (Å²) in [5.41, 5.74) is 2.00. The van der Waals surface area contributed by atoms with E-state index in [1.165, 1.54) is 5.56 Å². The predicted octanol–water partition coefficient (Wildman–Crippen LogP) is 2.70. The van der Waals surface area contributed by atoms with Crippen LogP contribution in [0.2, 0.25) is 0 Å². The summed E-state index contributed by atoms with van der Waals surface area (Å²) < 4.78 is 0.966. The minimum Gasteiger partial charge on any atom is -0.331 e. The van der Waals surface area contributed by atoms with Crippen LogP contribution in [0.25, 0.3) is 0 Å². The largest absolute Gasteiger partial charge is 0.331 e. The summed E-state index contributed by atoms with van der Waals surface area (Å²) in [6.07, 6.45) is 2.06. The SMILES string of the molecule is CC(CC[N+](C)(C)C)c1ccccc1C=O. The van der Waals surface area contributed by atoms with Crippen LogP contribution in [0, 0.1) is 0 Å². The summed E-state index contributed by atoms with van der Waals surface area (Å²) >= 11 is 0. The third kappa shape index (κ3) is 3.78. The normalized spacial score (nSPS) is 13.5. The monoisotopic (exact) mass is 220 g/mol. The van der Waals surface area contributed by atoms with Crippen molar-refractivity contribution in [2.75, 3.05) is 27.7 Å². The van der Waals surface area contributed by atoms with Crippen molar-refractivity contribution in [3.63, 3.8) is 0 Å². The molecule has 0 aliphatic rings. The van der Waals surface area contributed by atoms with Crippen molar-refractivity contribution in [1.82, 2.24) is 0 Å². The Balaban J connectivity index is 2.72. The van der Waals surface area contributed by atoms with Gasteiger partial charge in [0.2, 0.25) is 0 Å². The molecule has 0 fully saturated rings. The van der Waals surface area contributed by atoms with Crippen LogP contribution in [-0.4, -0.2) is 38.5 Å². The highest BCUT2D eigenvalue weighted by Gasteiger charge is 2.14. The average molecular weight is 220 g/mol. The molecule has 0 saturated carbocycles. The molecule has 2 nitrogen and oxygen atoms in total. The van der Waals surface area contributed by atoms with Crippen molar-refractivity contribution in [3.05, 3.63) is 35.4 Å². The van der Waals surface area contributed by atoms with Crippen molar-refractivity contribution < 1.29 is 9.28 Å². The van der Waals surface area contributed by atoms with Gasteiger partial charge in [0.15, 0.2) is 0 Å². The standard InChI is InChI=1S/C14H22NO/c1-12(9-10-15(2,3)4)14-8-6-5-7-13(14)11-16/h5-8,11-12H,9-10H2,1-4H3/q+1. The van der Waals surface area contributed by atoms with E-state index in [4.69, 9.17) is 0 Å². The summed E-state index contributed by atoms with van der Waals surface area (Å²) in [5, 5.41) is 0. The van der Waals surface area contributed by atoms with Gasteiger partial charge in [-0.3, -0.25) is 4.79 Å². The van der Waals surface area contributed by atoms with Gasteiger partial charge in [-0.2, -0.15) is 0 Å². The molecular formula is C14H22NO+. The van der Waals surface area contributed by atoms with Gasteiger partial charge in [-0.1, -0.05) is 31.2 Å². The fourth-order valence-corrected chi connectivity index (χ4v) is 1.80. The summed E-state index contributed by atoms with van der Waals surface area (Å²) in [7, 11) is 6.58. The molecule has 1 aromatic carbocycles. The Morgan fingerprint density at radius 2 is 1.88 bits per heavy atom. The molecule has 16 heavy (non-hydrogen) atoms. The Labute approximate surface area is 98.5 Å². The summed E-state index contributed by atoms with van der Waals surface area (Å²) in [5.74, 6) is 0.443. The van der Waals surface area contributed by atoms with E-state index in [0.717, 1.165) is 29.3 Å². The quantitative estimate of drug-likeness (QED) is 0.551. The number of quaternary nitrogens is 1. The minimum atomic E-state index is 0.443. The van der Waals surface area contributed by atoms with Crippen LogP contribution < -0.4 is 0 Å². The number of carbonyl (C=O) groups excluding carboxylic acids is 1. The van der Waals surface area contributed by atoms with E-state index in [9.17, 15) is 4.79 Å². The Kier molecular flexibility index (Phi) is 4.25. The fraction of sp³-hybridized carbons (Fsp3) is 0.500. The molecule has 0 bridgehead atoms. The van der Waals surface area contributed by atoms with Crippen molar-refractivity contribution >= 4 is 6.29 Å². The van der Waals surface area contributed by atoms with Crippen LogP contribution in [0.1, 0.15) is 35.2 Å². The topological polar surface area (TPSA) is 17.1 Å². The first-order chi connectivity index (χ1) is 7.44. The highest BCUT2D eigenvalue weighted by Crippen LogP contribution is 2.22. The number of carbonyl (C=O) groups is 1. The van der Waals surface area contributed by atoms with Gasteiger partial charge in [0.25, 0.3) is 0 Å². The molecule has 88 valence electrons. The Morgan fingerprint density at radius 1 is 1.25 bits per heavy atom. The van der Waals surface area contributed by atoms with Crippen molar-refractivity contribution in [2.24, 2.45) is 0 Å². The smallest absolute Gasteiger partial charge is 0.150 e. The Morgan fingerprint density at radius 3 is 2.44 bits per heavy atom. The van der Waals surface area contributed by atoms with E-state index in [1.807, 2.05) is 18.2 Å². The zero-order valence-electron chi connectivity index (χ0n) is 10.7. The minimum absolute atomic E-state index is 0.443. The number of benzene rings is 1. The summed E-state index contributed by atoms with van der Waals surface area (Å²) in [6, 6.07) is 7.87. The molecule has 0 radical (unpaired) electrons. The van der Waals surface area contributed by atoms with Crippen LogP contribution in [0.15, 0.2) is 24.3 Å². The first-order valence-corrected chi connectivity index (χ1v) is 5.78. The predicted molar refractivity (Wildman–Crippen MR) is 67.8 cm³/mol. The molecule has 0 heterocycles. The Hall–Kier alpha value is -1.15. The molecule has 0 aromatic heterocycles. The van der Waals surface area contributed by atoms with E-state index in [1.54, 1.807) is 0 Å². The molecule has 1 rings (SSSR count). The number of hydrogen-bond donors (Lipinski definition) is 0.